The van der Waals surface area contributed by atoms with Gasteiger partial charge in [0.2, 0.25) is 0 Å². The van der Waals surface area contributed by atoms with Crippen LogP contribution in [0.1, 0.15) is 6.42 Å². The summed E-state index contributed by atoms with van der Waals surface area (Å²) in [5, 5.41) is -0.123. The molecule has 0 saturated heterocycles. The second-order valence-electron chi connectivity index (χ2n) is 3.27. The van der Waals surface area contributed by atoms with Crippen LogP contribution in [-0.2, 0) is 26.6 Å². The first kappa shape index (κ1) is 13.5. The summed E-state index contributed by atoms with van der Waals surface area (Å²) in [6.45, 7) is -0.0559. The van der Waals surface area contributed by atoms with E-state index in [1.54, 1.807) is 0 Å². The second kappa shape index (κ2) is 5.15. The van der Waals surface area contributed by atoms with Crippen LogP contribution in [0.3, 0.4) is 0 Å². The summed E-state index contributed by atoms with van der Waals surface area (Å²) < 4.78 is 31.5. The molecular weight excluding hydrogens is 248 g/mol. The number of sulfonamides is 1. The van der Waals surface area contributed by atoms with Crippen LogP contribution in [0.2, 0.25) is 0 Å². The van der Waals surface area contributed by atoms with Crippen molar-refractivity contribution in [2.24, 2.45) is 7.05 Å². The summed E-state index contributed by atoms with van der Waals surface area (Å²) in [7, 11) is -1.02. The topological polar surface area (TPSA) is 116 Å². The van der Waals surface area contributed by atoms with Crippen molar-refractivity contribution < 1.29 is 17.9 Å². The third kappa shape index (κ3) is 3.17. The lowest BCUT2D eigenvalue weighted by atomic mass is 10.4. The number of nitrogen functional groups attached to an aromatic ring is 1. The van der Waals surface area contributed by atoms with Crippen molar-refractivity contribution in [3.8, 4) is 0 Å². The van der Waals surface area contributed by atoms with Crippen molar-refractivity contribution in [1.82, 2.24) is 14.3 Å². The molecule has 17 heavy (non-hydrogen) atoms. The number of carbonyl (C=O) groups excluding carboxylic acids is 1. The lowest BCUT2D eigenvalue weighted by Gasteiger charge is -2.07. The predicted molar refractivity (Wildman–Crippen MR) is 59.4 cm³/mol. The highest BCUT2D eigenvalue weighted by atomic mass is 32.2. The van der Waals surface area contributed by atoms with Gasteiger partial charge in [0, 0.05) is 13.6 Å². The lowest BCUT2D eigenvalue weighted by molar-refractivity contribution is -0.140. The molecule has 1 rings (SSSR count). The molecule has 0 bridgehead atoms. The van der Waals surface area contributed by atoms with E-state index >= 15 is 0 Å². The number of nitrogens with one attached hydrogen (secondary N) is 1. The third-order valence-corrected chi connectivity index (χ3v) is 3.60. The van der Waals surface area contributed by atoms with Crippen LogP contribution in [0.5, 0.6) is 0 Å². The number of esters is 1. The van der Waals surface area contributed by atoms with Crippen molar-refractivity contribution in [3.05, 3.63) is 6.33 Å². The quantitative estimate of drug-likeness (QED) is 0.647. The minimum Gasteiger partial charge on any atom is -0.469 e. The second-order valence-corrected chi connectivity index (χ2v) is 4.95. The Morgan fingerprint density at radius 2 is 2.29 bits per heavy atom. The van der Waals surface area contributed by atoms with Gasteiger partial charge < -0.3 is 15.0 Å². The molecule has 1 aromatic rings. The largest absolute Gasteiger partial charge is 0.469 e. The predicted octanol–water partition coefficient (Wildman–Crippen LogP) is -1.16. The van der Waals surface area contributed by atoms with Crippen LogP contribution in [0.25, 0.3) is 0 Å². The molecule has 1 aromatic heterocycles. The van der Waals surface area contributed by atoms with E-state index in [9.17, 15) is 13.2 Å². The Morgan fingerprint density at radius 3 is 2.76 bits per heavy atom. The Labute approximate surface area is 98.8 Å². The highest BCUT2D eigenvalue weighted by Crippen LogP contribution is 2.14. The van der Waals surface area contributed by atoms with E-state index in [1.165, 1.54) is 25.1 Å². The van der Waals surface area contributed by atoms with Gasteiger partial charge in [-0.2, -0.15) is 0 Å². The fraction of sp³-hybridized carbons (Fsp3) is 0.500. The molecule has 0 unspecified atom stereocenters. The van der Waals surface area contributed by atoms with Crippen LogP contribution in [0.4, 0.5) is 5.82 Å². The molecule has 0 atom stereocenters. The molecule has 9 heteroatoms. The molecular formula is C8H14N4O4S. The molecule has 96 valence electrons. The van der Waals surface area contributed by atoms with Gasteiger partial charge in [-0.25, -0.2) is 18.1 Å². The van der Waals surface area contributed by atoms with Crippen LogP contribution >= 0.6 is 0 Å². The Balaban J connectivity index is 2.73. The maximum Gasteiger partial charge on any atom is 0.306 e. The summed E-state index contributed by atoms with van der Waals surface area (Å²) in [6, 6.07) is 0. The number of anilines is 1. The third-order valence-electron chi connectivity index (χ3n) is 2.01. The van der Waals surface area contributed by atoms with E-state index < -0.39 is 16.0 Å². The molecule has 1 heterocycles. The van der Waals surface area contributed by atoms with Gasteiger partial charge in [-0.1, -0.05) is 0 Å². The molecule has 0 radical (unpaired) electrons. The Morgan fingerprint density at radius 1 is 1.65 bits per heavy atom. The lowest BCUT2D eigenvalue weighted by Crippen LogP contribution is -2.28. The van der Waals surface area contributed by atoms with E-state index in [0.29, 0.717) is 0 Å². The number of nitrogens with zero attached hydrogens (tertiary/aromatic N) is 2. The first-order valence-corrected chi connectivity index (χ1v) is 6.20. The molecule has 0 amide bonds. The van der Waals surface area contributed by atoms with Gasteiger partial charge >= 0.3 is 5.97 Å². The Bertz CT molecular complexity index is 488. The van der Waals surface area contributed by atoms with E-state index in [0.717, 1.165) is 0 Å². The van der Waals surface area contributed by atoms with Crippen molar-refractivity contribution in [1.29, 1.82) is 0 Å². The van der Waals surface area contributed by atoms with Crippen molar-refractivity contribution in [2.75, 3.05) is 19.4 Å². The van der Waals surface area contributed by atoms with Crippen molar-refractivity contribution >= 4 is 21.8 Å². The molecule has 0 saturated carbocycles. The smallest absolute Gasteiger partial charge is 0.306 e. The Hall–Kier alpha value is -1.61. The van der Waals surface area contributed by atoms with Gasteiger partial charge in [0.05, 0.1) is 19.9 Å². The monoisotopic (exact) mass is 262 g/mol. The average Bonchev–Trinajstić information content (AvgIpc) is 2.58. The first-order valence-electron chi connectivity index (χ1n) is 4.71. The number of methoxy groups -OCH3 is 1. The summed E-state index contributed by atoms with van der Waals surface area (Å²) in [6.07, 6.45) is 1.25. The number of hydrogen-bond acceptors (Lipinski definition) is 6. The highest BCUT2D eigenvalue weighted by Gasteiger charge is 2.22. The van der Waals surface area contributed by atoms with E-state index in [4.69, 9.17) is 5.73 Å². The van der Waals surface area contributed by atoms with Crippen LogP contribution in [-0.4, -0.2) is 37.6 Å². The first-order chi connectivity index (χ1) is 7.88. The van der Waals surface area contributed by atoms with Crippen molar-refractivity contribution in [2.45, 2.75) is 11.4 Å². The molecule has 8 nitrogen and oxygen atoms in total. The SMILES string of the molecule is COC(=O)CCNS(=O)(=O)c1c(N)ncn1C. The zero-order valence-corrected chi connectivity index (χ0v) is 10.3. The number of carbonyl (C=O) groups is 1. The standard InChI is InChI=1S/C8H14N4O4S/c1-12-5-10-7(9)8(12)17(14,15)11-4-3-6(13)16-2/h5,11H,3-4,9H2,1-2H3. The minimum absolute atomic E-state index is 0.0481. The number of imidazole rings is 1. The normalized spacial score (nSPS) is 11.4. The number of hydrogen-bond donors (Lipinski definition) is 2. The summed E-state index contributed by atoms with van der Waals surface area (Å²) in [5.41, 5.74) is 5.44. The fourth-order valence-electron chi connectivity index (χ4n) is 1.22. The van der Waals surface area contributed by atoms with E-state index in [1.807, 2.05) is 0 Å². The number of nitrogens with two attached hydrogens (primary N) is 1. The number of aromatic nitrogens is 2. The Kier molecular flexibility index (Phi) is 4.07. The summed E-state index contributed by atoms with van der Waals surface area (Å²) >= 11 is 0. The van der Waals surface area contributed by atoms with Crippen LogP contribution in [0, 0.1) is 0 Å². The molecule has 3 N–H and O–H groups in total. The van der Waals surface area contributed by atoms with Crippen molar-refractivity contribution in [3.63, 3.8) is 0 Å². The maximum absolute atomic E-state index is 11.8. The summed E-state index contributed by atoms with van der Waals surface area (Å²) in [5.74, 6) is -0.580. The number of rotatable bonds is 5. The summed E-state index contributed by atoms with van der Waals surface area (Å²) in [4.78, 5) is 14.5. The molecule has 0 aliphatic carbocycles. The van der Waals surface area contributed by atoms with Crippen LogP contribution < -0.4 is 10.5 Å². The maximum atomic E-state index is 11.8. The fourth-order valence-corrected chi connectivity index (χ4v) is 2.48. The van der Waals surface area contributed by atoms with E-state index in [-0.39, 0.29) is 23.8 Å². The van der Waals surface area contributed by atoms with Gasteiger partial charge in [0.1, 0.15) is 0 Å². The molecule has 0 aliphatic rings. The van der Waals surface area contributed by atoms with Gasteiger partial charge in [0.25, 0.3) is 10.0 Å². The molecule has 0 fully saturated rings. The highest BCUT2D eigenvalue weighted by molar-refractivity contribution is 7.89. The van der Waals surface area contributed by atoms with Gasteiger partial charge in [-0.15, -0.1) is 0 Å². The van der Waals surface area contributed by atoms with Gasteiger partial charge in [-0.05, 0) is 0 Å². The minimum atomic E-state index is -3.76. The van der Waals surface area contributed by atoms with Crippen LogP contribution in [0.15, 0.2) is 11.4 Å². The van der Waals surface area contributed by atoms with Gasteiger partial charge in [-0.3, -0.25) is 4.79 Å². The number of aryl methyl sites for hydroxylation is 1. The van der Waals surface area contributed by atoms with E-state index in [2.05, 4.69) is 14.4 Å². The average molecular weight is 262 g/mol. The molecule has 0 aliphatic heterocycles. The zero-order chi connectivity index (χ0) is 13.1. The molecule has 0 spiro atoms. The van der Waals surface area contributed by atoms with Gasteiger partial charge in [0.15, 0.2) is 10.8 Å². The number of ether oxygens (including phenoxy) is 1. The molecule has 0 aromatic carbocycles. The zero-order valence-electron chi connectivity index (χ0n) is 9.50.